The van der Waals surface area contributed by atoms with Gasteiger partial charge < -0.3 is 9.94 Å². The van der Waals surface area contributed by atoms with Crippen LogP contribution in [0.3, 0.4) is 0 Å². The van der Waals surface area contributed by atoms with E-state index >= 15 is 0 Å². The van der Waals surface area contributed by atoms with Crippen LogP contribution in [-0.2, 0) is 0 Å². The summed E-state index contributed by atoms with van der Waals surface area (Å²) in [4.78, 5) is 0. The molecule has 2 aromatic carbocycles. The minimum absolute atomic E-state index is 0. The van der Waals surface area contributed by atoms with Gasteiger partial charge in [0.25, 0.3) is 0 Å². The number of nitriles is 2. The normalized spacial score (nSPS) is 9.77. The van der Waals surface area contributed by atoms with E-state index in [4.69, 9.17) is 10.5 Å². The topological polar surface area (TPSA) is 75.6 Å². The summed E-state index contributed by atoms with van der Waals surface area (Å²) in [5.41, 5.74) is 3.35. The van der Waals surface area contributed by atoms with Gasteiger partial charge in [0.05, 0.1) is 11.1 Å². The zero-order valence-corrected chi connectivity index (χ0v) is 14.3. The molecule has 0 amide bonds. The van der Waals surface area contributed by atoms with E-state index in [1.807, 2.05) is 43.3 Å². The Morgan fingerprint density at radius 1 is 0.955 bits per heavy atom. The first-order chi connectivity index (χ1) is 10.1. The van der Waals surface area contributed by atoms with Crippen LogP contribution in [0.15, 0.2) is 42.5 Å². The van der Waals surface area contributed by atoms with Crippen molar-refractivity contribution in [3.63, 3.8) is 0 Å². The fourth-order valence-corrected chi connectivity index (χ4v) is 2.34. The van der Waals surface area contributed by atoms with E-state index in [9.17, 15) is 5.21 Å². The Morgan fingerprint density at radius 2 is 1.55 bits per heavy atom. The number of rotatable bonds is 1. The maximum Gasteiger partial charge on any atom is 1.00 e. The molecule has 0 atom stereocenters. The van der Waals surface area contributed by atoms with Crippen molar-refractivity contribution in [1.29, 1.82) is 10.5 Å². The Balaban J connectivity index is 0.00000176. The minimum atomic E-state index is 0. The maximum atomic E-state index is 12.4. The molecule has 4 nitrogen and oxygen atoms in total. The molecule has 3 rings (SSSR count). The van der Waals surface area contributed by atoms with Gasteiger partial charge in [-0.3, -0.25) is 0 Å². The van der Waals surface area contributed by atoms with Gasteiger partial charge >= 0.3 is 29.6 Å². The van der Waals surface area contributed by atoms with Crippen molar-refractivity contribution in [2.24, 2.45) is 0 Å². The van der Waals surface area contributed by atoms with Crippen LogP contribution in [0, 0.1) is 34.8 Å². The fraction of sp³-hybridized carbons (Fsp3) is 0.0588. The Bertz CT molecular complexity index is 928. The summed E-state index contributed by atoms with van der Waals surface area (Å²) in [6.07, 6.45) is 0. The van der Waals surface area contributed by atoms with Gasteiger partial charge in [0.15, 0.2) is 0 Å². The Labute approximate surface area is 150 Å². The monoisotopic (exact) mass is 295 g/mol. The van der Waals surface area contributed by atoms with E-state index in [0.29, 0.717) is 16.6 Å². The molecular weight excluding hydrogens is 285 g/mol. The molecule has 0 unspecified atom stereocenters. The second-order valence-electron chi connectivity index (χ2n) is 4.87. The third-order valence-corrected chi connectivity index (χ3v) is 3.48. The van der Waals surface area contributed by atoms with Gasteiger partial charge in [0, 0.05) is 16.6 Å². The third-order valence-electron chi connectivity index (χ3n) is 3.48. The molecule has 0 fully saturated rings. The Morgan fingerprint density at radius 3 is 2.14 bits per heavy atom. The molecule has 0 aliphatic heterocycles. The second-order valence-corrected chi connectivity index (χ2v) is 4.87. The molecular formula is C17H10N3NaO. The van der Waals surface area contributed by atoms with E-state index in [1.54, 1.807) is 12.1 Å². The number of aromatic nitrogens is 1. The minimum Gasteiger partial charge on any atom is -0.805 e. The largest absolute Gasteiger partial charge is 1.00 e. The van der Waals surface area contributed by atoms with Crippen molar-refractivity contribution in [2.75, 3.05) is 0 Å². The second kappa shape index (κ2) is 6.25. The number of benzene rings is 2. The molecule has 3 aromatic rings. The Hall–Kier alpha value is -2.24. The van der Waals surface area contributed by atoms with Gasteiger partial charge in [0.1, 0.15) is 12.1 Å². The maximum absolute atomic E-state index is 12.4. The van der Waals surface area contributed by atoms with E-state index in [2.05, 4.69) is 0 Å². The first kappa shape index (κ1) is 16.1. The van der Waals surface area contributed by atoms with Crippen LogP contribution in [-0.4, -0.2) is 4.73 Å². The molecule has 0 aliphatic carbocycles. The van der Waals surface area contributed by atoms with Gasteiger partial charge in [-0.15, -0.1) is 0 Å². The van der Waals surface area contributed by atoms with Crippen LogP contribution in [0.4, 0.5) is 0 Å². The predicted molar refractivity (Wildman–Crippen MR) is 80.3 cm³/mol. The van der Waals surface area contributed by atoms with Crippen LogP contribution in [0.1, 0.15) is 16.7 Å². The fourth-order valence-electron chi connectivity index (χ4n) is 2.34. The van der Waals surface area contributed by atoms with Crippen molar-refractivity contribution in [2.45, 2.75) is 6.92 Å². The van der Waals surface area contributed by atoms with E-state index in [1.165, 1.54) is 6.07 Å². The molecule has 100 valence electrons. The quantitative estimate of drug-likeness (QED) is 0.620. The zero-order valence-electron chi connectivity index (χ0n) is 12.3. The van der Waals surface area contributed by atoms with Crippen LogP contribution >= 0.6 is 0 Å². The molecule has 0 bridgehead atoms. The molecule has 5 heteroatoms. The van der Waals surface area contributed by atoms with Gasteiger partial charge in [-0.1, -0.05) is 29.8 Å². The molecule has 0 aliphatic rings. The first-order valence-electron chi connectivity index (χ1n) is 6.38. The van der Waals surface area contributed by atoms with Crippen LogP contribution < -0.4 is 29.6 Å². The number of fused-ring (bicyclic) bond motifs is 1. The van der Waals surface area contributed by atoms with Crippen LogP contribution in [0.2, 0.25) is 0 Å². The van der Waals surface area contributed by atoms with Crippen molar-refractivity contribution in [3.8, 4) is 23.4 Å². The molecule has 0 saturated heterocycles. The molecule has 0 radical (unpaired) electrons. The SMILES string of the molecule is Cc1ccc(-c2cc3cc(C#N)c(C#N)cc3n2[O-])cc1.[Na+]. The van der Waals surface area contributed by atoms with Gasteiger partial charge in [-0.2, -0.15) is 10.5 Å². The molecule has 22 heavy (non-hydrogen) atoms. The van der Waals surface area contributed by atoms with Crippen LogP contribution in [0.5, 0.6) is 0 Å². The Kier molecular flexibility index (Phi) is 4.59. The van der Waals surface area contributed by atoms with Crippen molar-refractivity contribution < 1.29 is 29.6 Å². The molecule has 1 heterocycles. The number of hydrogen-bond donors (Lipinski definition) is 0. The van der Waals surface area contributed by atoms with Gasteiger partial charge in [0.2, 0.25) is 0 Å². The summed E-state index contributed by atoms with van der Waals surface area (Å²) in [6.45, 7) is 1.98. The van der Waals surface area contributed by atoms with E-state index < -0.39 is 0 Å². The summed E-state index contributed by atoms with van der Waals surface area (Å²) < 4.78 is 0.808. The van der Waals surface area contributed by atoms with Gasteiger partial charge in [-0.05, 0) is 30.7 Å². The number of hydrogen-bond acceptors (Lipinski definition) is 3. The number of nitrogens with zero attached hydrogens (tertiary/aromatic N) is 3. The zero-order chi connectivity index (χ0) is 15.0. The molecule has 0 saturated carbocycles. The van der Waals surface area contributed by atoms with Crippen molar-refractivity contribution >= 4 is 10.9 Å². The summed E-state index contributed by atoms with van der Waals surface area (Å²) in [6, 6.07) is 16.4. The average Bonchev–Trinajstić information content (AvgIpc) is 2.83. The number of aryl methyl sites for hydroxylation is 1. The van der Waals surface area contributed by atoms with Crippen molar-refractivity contribution in [3.05, 3.63) is 64.4 Å². The average molecular weight is 295 g/mol. The summed E-state index contributed by atoms with van der Waals surface area (Å²) in [5, 5.41) is 31.2. The molecule has 0 N–H and O–H groups in total. The first-order valence-corrected chi connectivity index (χ1v) is 6.38. The van der Waals surface area contributed by atoms with Crippen LogP contribution in [0.25, 0.3) is 22.2 Å². The van der Waals surface area contributed by atoms with Crippen molar-refractivity contribution in [1.82, 2.24) is 4.73 Å². The molecule has 1 aromatic heterocycles. The predicted octanol–water partition coefficient (Wildman–Crippen LogP) is 0.710. The van der Waals surface area contributed by atoms with Gasteiger partial charge in [-0.25, -0.2) is 0 Å². The summed E-state index contributed by atoms with van der Waals surface area (Å²) in [7, 11) is 0. The van der Waals surface area contributed by atoms with E-state index in [0.717, 1.165) is 15.9 Å². The summed E-state index contributed by atoms with van der Waals surface area (Å²) in [5.74, 6) is 0. The third kappa shape index (κ3) is 2.61. The smallest absolute Gasteiger partial charge is 0.805 e. The van der Waals surface area contributed by atoms with E-state index in [-0.39, 0.29) is 40.7 Å². The standard InChI is InChI=1S/C17H10N3O.Na/c1-11-2-4-12(5-3-11)16-7-13-6-14(9-18)15(10-19)8-17(13)20(16)21;/h2-8H,1H3;/q-1;+1. The summed E-state index contributed by atoms with van der Waals surface area (Å²) >= 11 is 0. The molecule has 0 spiro atoms.